The molecule has 6 nitrogen and oxygen atoms in total. The van der Waals surface area contributed by atoms with E-state index < -0.39 is 0 Å². The molecule has 0 bridgehead atoms. The summed E-state index contributed by atoms with van der Waals surface area (Å²) in [5.74, 6) is -0.201. The minimum absolute atomic E-state index is 0.188. The molecule has 0 radical (unpaired) electrons. The van der Waals surface area contributed by atoms with Gasteiger partial charge in [0.25, 0.3) is 5.91 Å². The van der Waals surface area contributed by atoms with Crippen molar-refractivity contribution in [1.29, 1.82) is 0 Å². The third-order valence-corrected chi connectivity index (χ3v) is 6.10. The van der Waals surface area contributed by atoms with Gasteiger partial charge in [-0.2, -0.15) is 0 Å². The molecule has 1 heterocycles. The second kappa shape index (κ2) is 10.2. The topological polar surface area (TPSA) is 76.0 Å². The molecule has 4 aromatic rings. The van der Waals surface area contributed by atoms with Gasteiger partial charge in [-0.1, -0.05) is 66.4 Å². The summed E-state index contributed by atoms with van der Waals surface area (Å²) in [6.07, 6.45) is 0.746. The molecule has 32 heavy (non-hydrogen) atoms. The van der Waals surface area contributed by atoms with Crippen LogP contribution in [0.1, 0.15) is 15.9 Å². The molecule has 0 atom stereocenters. The van der Waals surface area contributed by atoms with Crippen molar-refractivity contribution < 1.29 is 9.59 Å². The van der Waals surface area contributed by atoms with Crippen molar-refractivity contribution in [2.75, 3.05) is 17.6 Å². The van der Waals surface area contributed by atoms with Crippen molar-refractivity contribution in [3.63, 3.8) is 0 Å². The molecule has 1 aromatic heterocycles. The van der Waals surface area contributed by atoms with E-state index in [1.165, 1.54) is 11.8 Å². The summed E-state index contributed by atoms with van der Waals surface area (Å²) >= 11 is 1.37. The van der Waals surface area contributed by atoms with Gasteiger partial charge >= 0.3 is 0 Å². The Morgan fingerprint density at radius 2 is 1.66 bits per heavy atom. The van der Waals surface area contributed by atoms with Crippen LogP contribution in [0.4, 0.5) is 5.69 Å². The molecule has 0 saturated carbocycles. The number of imidazole rings is 1. The summed E-state index contributed by atoms with van der Waals surface area (Å²) in [5, 5.41) is 6.57. The highest BCUT2D eigenvalue weighted by molar-refractivity contribution is 7.99. The Morgan fingerprint density at radius 1 is 0.938 bits per heavy atom. The maximum Gasteiger partial charge on any atom is 0.253 e. The van der Waals surface area contributed by atoms with Crippen LogP contribution in [-0.2, 0) is 18.3 Å². The number of nitrogens with one attached hydrogen (secondary N) is 2. The monoisotopic (exact) mass is 444 g/mol. The standard InChI is InChI=1S/C25H24N4O2S/c1-29-22-14-8-7-13-21(22)28-25(29)32-17-23(30)27-20-12-6-5-11-19(20)24(31)26-16-15-18-9-3-2-4-10-18/h2-14H,15-17H2,1H3,(H,26,31)(H,27,30). The average Bonchev–Trinajstić information content (AvgIpc) is 3.14. The number of amides is 2. The number of nitrogens with zero attached hydrogens (tertiary/aromatic N) is 2. The fourth-order valence-corrected chi connectivity index (χ4v) is 4.21. The van der Waals surface area contributed by atoms with E-state index in [-0.39, 0.29) is 17.6 Å². The molecule has 0 aliphatic carbocycles. The van der Waals surface area contributed by atoms with E-state index in [1.54, 1.807) is 24.3 Å². The predicted octanol–water partition coefficient (Wildman–Crippen LogP) is 4.28. The SMILES string of the molecule is Cn1c(SCC(=O)Nc2ccccc2C(=O)NCCc2ccccc2)nc2ccccc21. The van der Waals surface area contributed by atoms with Crippen molar-refractivity contribution in [2.24, 2.45) is 7.05 Å². The van der Waals surface area contributed by atoms with Crippen LogP contribution in [-0.4, -0.2) is 33.7 Å². The van der Waals surface area contributed by atoms with E-state index in [1.807, 2.05) is 66.2 Å². The van der Waals surface area contributed by atoms with Gasteiger partial charge in [0, 0.05) is 13.6 Å². The smallest absolute Gasteiger partial charge is 0.253 e. The van der Waals surface area contributed by atoms with Crippen molar-refractivity contribution in [2.45, 2.75) is 11.6 Å². The van der Waals surface area contributed by atoms with Gasteiger partial charge in [0.2, 0.25) is 5.91 Å². The molecule has 0 saturated heterocycles. The van der Waals surface area contributed by atoms with Crippen LogP contribution >= 0.6 is 11.8 Å². The number of rotatable bonds is 8. The average molecular weight is 445 g/mol. The van der Waals surface area contributed by atoms with Crippen molar-refractivity contribution in [1.82, 2.24) is 14.9 Å². The Bertz CT molecular complexity index is 1240. The number of thioether (sulfide) groups is 1. The molecular weight excluding hydrogens is 420 g/mol. The summed E-state index contributed by atoms with van der Waals surface area (Å²) in [4.78, 5) is 29.8. The first kappa shape index (κ1) is 21.6. The molecule has 0 spiro atoms. The highest BCUT2D eigenvalue weighted by atomic mass is 32.2. The van der Waals surface area contributed by atoms with Gasteiger partial charge in [0.05, 0.1) is 28.0 Å². The number of aromatic nitrogens is 2. The van der Waals surface area contributed by atoms with Crippen LogP contribution in [0.5, 0.6) is 0 Å². The van der Waals surface area contributed by atoms with Gasteiger partial charge in [-0.25, -0.2) is 4.98 Å². The van der Waals surface area contributed by atoms with Crippen LogP contribution in [0, 0.1) is 0 Å². The van der Waals surface area contributed by atoms with Crippen molar-refractivity contribution in [3.8, 4) is 0 Å². The zero-order chi connectivity index (χ0) is 22.3. The molecule has 2 amide bonds. The number of para-hydroxylation sites is 3. The lowest BCUT2D eigenvalue weighted by molar-refractivity contribution is -0.113. The van der Waals surface area contributed by atoms with Crippen molar-refractivity contribution >= 4 is 40.3 Å². The quantitative estimate of drug-likeness (QED) is 0.398. The molecule has 162 valence electrons. The molecule has 0 aliphatic rings. The van der Waals surface area contributed by atoms with Crippen LogP contribution in [0.2, 0.25) is 0 Å². The second-order valence-corrected chi connectivity index (χ2v) is 8.26. The fourth-order valence-electron chi connectivity index (χ4n) is 3.42. The number of aryl methyl sites for hydroxylation is 1. The largest absolute Gasteiger partial charge is 0.352 e. The maximum absolute atomic E-state index is 12.7. The summed E-state index contributed by atoms with van der Waals surface area (Å²) < 4.78 is 1.97. The van der Waals surface area contributed by atoms with E-state index in [9.17, 15) is 9.59 Å². The lowest BCUT2D eigenvalue weighted by atomic mass is 10.1. The van der Waals surface area contributed by atoms with E-state index in [0.717, 1.165) is 28.2 Å². The fraction of sp³-hybridized carbons (Fsp3) is 0.160. The Balaban J connectivity index is 1.35. The summed E-state index contributed by atoms with van der Waals surface area (Å²) in [6.45, 7) is 0.522. The van der Waals surface area contributed by atoms with Gasteiger partial charge in [0.15, 0.2) is 5.16 Å². The molecule has 0 aliphatic heterocycles. The number of carbonyl (C=O) groups is 2. The third kappa shape index (κ3) is 5.18. The molecule has 7 heteroatoms. The summed E-state index contributed by atoms with van der Waals surface area (Å²) in [6, 6.07) is 24.9. The summed E-state index contributed by atoms with van der Waals surface area (Å²) in [7, 11) is 1.94. The molecular formula is C25H24N4O2S. The predicted molar refractivity (Wildman–Crippen MR) is 129 cm³/mol. The van der Waals surface area contributed by atoms with Gasteiger partial charge < -0.3 is 15.2 Å². The van der Waals surface area contributed by atoms with Crippen LogP contribution < -0.4 is 10.6 Å². The minimum Gasteiger partial charge on any atom is -0.352 e. The highest BCUT2D eigenvalue weighted by Crippen LogP contribution is 2.23. The van der Waals surface area contributed by atoms with Crippen LogP contribution in [0.3, 0.4) is 0 Å². The number of carbonyl (C=O) groups excluding carboxylic acids is 2. The first-order chi connectivity index (χ1) is 15.6. The Morgan fingerprint density at radius 3 is 2.47 bits per heavy atom. The highest BCUT2D eigenvalue weighted by Gasteiger charge is 2.14. The van der Waals surface area contributed by atoms with E-state index >= 15 is 0 Å². The van der Waals surface area contributed by atoms with Gasteiger partial charge in [-0.05, 0) is 36.2 Å². The van der Waals surface area contributed by atoms with E-state index in [2.05, 4.69) is 15.6 Å². The Kier molecular flexibility index (Phi) is 6.87. The molecule has 0 unspecified atom stereocenters. The number of hydrogen-bond acceptors (Lipinski definition) is 4. The normalized spacial score (nSPS) is 10.8. The molecule has 0 fully saturated rings. The number of fused-ring (bicyclic) bond motifs is 1. The Hall–Kier alpha value is -3.58. The van der Waals surface area contributed by atoms with Crippen LogP contribution in [0.15, 0.2) is 84.0 Å². The zero-order valence-corrected chi connectivity index (χ0v) is 18.6. The van der Waals surface area contributed by atoms with E-state index in [4.69, 9.17) is 0 Å². The lowest BCUT2D eigenvalue weighted by Crippen LogP contribution is -2.27. The first-order valence-electron chi connectivity index (χ1n) is 10.4. The van der Waals surface area contributed by atoms with Crippen molar-refractivity contribution in [3.05, 3.63) is 90.0 Å². The molecule has 2 N–H and O–H groups in total. The Labute approximate surface area is 191 Å². The third-order valence-electron chi connectivity index (χ3n) is 5.07. The van der Waals surface area contributed by atoms with E-state index in [0.29, 0.717) is 17.8 Å². The minimum atomic E-state index is -0.208. The number of anilines is 1. The van der Waals surface area contributed by atoms with Gasteiger partial charge in [0.1, 0.15) is 0 Å². The molecule has 3 aromatic carbocycles. The second-order valence-electron chi connectivity index (χ2n) is 7.32. The number of hydrogen-bond donors (Lipinski definition) is 2. The van der Waals surface area contributed by atoms with Gasteiger partial charge in [-0.15, -0.1) is 0 Å². The lowest BCUT2D eigenvalue weighted by Gasteiger charge is -2.11. The zero-order valence-electron chi connectivity index (χ0n) is 17.7. The first-order valence-corrected chi connectivity index (χ1v) is 11.4. The van der Waals surface area contributed by atoms with Gasteiger partial charge in [-0.3, -0.25) is 9.59 Å². The maximum atomic E-state index is 12.7. The number of benzene rings is 3. The van der Waals surface area contributed by atoms with Crippen LogP contribution in [0.25, 0.3) is 11.0 Å². The summed E-state index contributed by atoms with van der Waals surface area (Å²) in [5.41, 5.74) is 4.03. The molecule has 4 rings (SSSR count).